The van der Waals surface area contributed by atoms with Crippen LogP contribution in [0.15, 0.2) is 0 Å². The average molecular weight is 412 g/mol. The van der Waals surface area contributed by atoms with Gasteiger partial charge < -0.3 is 4.74 Å². The lowest BCUT2D eigenvalue weighted by molar-refractivity contribution is -0.00389. The Morgan fingerprint density at radius 1 is 0.414 bits per heavy atom. The minimum absolute atomic E-state index is 0.323. The van der Waals surface area contributed by atoms with Crippen molar-refractivity contribution in [3.05, 3.63) is 0 Å². The summed E-state index contributed by atoms with van der Waals surface area (Å²) in [4.78, 5) is 7.58. The highest BCUT2D eigenvalue weighted by molar-refractivity contribution is 4.80. The lowest BCUT2D eigenvalue weighted by Crippen LogP contribution is -2.47. The number of ether oxygens (including phenoxy) is 1. The molecule has 0 unspecified atom stereocenters. The number of hydrogen-bond acceptors (Lipinski definition) is 4. The summed E-state index contributed by atoms with van der Waals surface area (Å²) >= 11 is 0. The largest absolute Gasteiger partial charge is 0.379 e. The van der Waals surface area contributed by atoms with Crippen LogP contribution in [0, 0.1) is 0 Å². The molecular weight excluding hydrogens is 358 g/mol. The summed E-state index contributed by atoms with van der Waals surface area (Å²) in [5.41, 5.74) is 1.14. The van der Waals surface area contributed by atoms with Crippen molar-refractivity contribution < 1.29 is 4.74 Å². The molecule has 0 radical (unpaired) electrons. The quantitative estimate of drug-likeness (QED) is 0.540. The number of hydrogen-bond donors (Lipinski definition) is 0. The van der Waals surface area contributed by atoms with Crippen LogP contribution in [-0.4, -0.2) is 83.8 Å². The molecule has 3 rings (SSSR count). The molecule has 0 spiro atoms. The van der Waals surface area contributed by atoms with Crippen molar-refractivity contribution in [1.82, 2.24) is 14.7 Å². The lowest BCUT2D eigenvalue weighted by Gasteiger charge is -2.38. The molecule has 0 aromatic rings. The van der Waals surface area contributed by atoms with Gasteiger partial charge in [0.15, 0.2) is 0 Å². The summed E-state index contributed by atoms with van der Waals surface area (Å²) in [6.45, 7) is 29.7. The van der Waals surface area contributed by atoms with Crippen molar-refractivity contribution >= 4 is 0 Å². The highest BCUT2D eigenvalue weighted by atomic mass is 16.5. The normalized spacial score (nSPS) is 23.1. The minimum atomic E-state index is 0.323. The highest BCUT2D eigenvalue weighted by Gasteiger charge is 2.24. The second-order valence-electron chi connectivity index (χ2n) is 11.9. The third-order valence-electron chi connectivity index (χ3n) is 6.32. The first-order chi connectivity index (χ1) is 13.3. The zero-order valence-corrected chi connectivity index (χ0v) is 21.4. The first-order valence-electron chi connectivity index (χ1n) is 12.1. The molecule has 3 fully saturated rings. The van der Waals surface area contributed by atoms with Crippen molar-refractivity contribution in [2.75, 3.05) is 52.5 Å². The molecule has 0 aliphatic carbocycles. The Labute approximate surface area is 183 Å². The number of rotatable bonds is 0. The smallest absolute Gasteiger partial charge is 0.0594 e. The fourth-order valence-corrected chi connectivity index (χ4v) is 4.19. The molecular formula is C25H53N3O. The summed E-state index contributed by atoms with van der Waals surface area (Å²) < 4.78 is 5.25. The molecule has 0 atom stereocenters. The summed E-state index contributed by atoms with van der Waals surface area (Å²) in [5.74, 6) is 0. The first-order valence-corrected chi connectivity index (χ1v) is 12.1. The van der Waals surface area contributed by atoms with E-state index >= 15 is 0 Å². The van der Waals surface area contributed by atoms with E-state index in [-0.39, 0.29) is 0 Å². The third kappa shape index (κ3) is 11.1. The number of nitrogens with zero attached hydrogens (tertiary/aromatic N) is 3. The predicted molar refractivity (Wildman–Crippen MR) is 128 cm³/mol. The lowest BCUT2D eigenvalue weighted by atomic mass is 10.0. The number of likely N-dealkylation sites (tertiary alicyclic amines) is 2. The Hall–Kier alpha value is -0.160. The van der Waals surface area contributed by atoms with Gasteiger partial charge >= 0.3 is 0 Å². The molecule has 29 heavy (non-hydrogen) atoms. The number of piperidine rings is 1. The highest BCUT2D eigenvalue weighted by Crippen LogP contribution is 2.20. The second kappa shape index (κ2) is 12.0. The molecule has 3 saturated heterocycles. The Morgan fingerprint density at radius 2 is 0.690 bits per heavy atom. The van der Waals surface area contributed by atoms with Crippen LogP contribution in [0.4, 0.5) is 0 Å². The fourth-order valence-electron chi connectivity index (χ4n) is 4.19. The monoisotopic (exact) mass is 411 g/mol. The van der Waals surface area contributed by atoms with Crippen LogP contribution in [0.3, 0.4) is 0 Å². The van der Waals surface area contributed by atoms with E-state index in [2.05, 4.69) is 77.0 Å². The van der Waals surface area contributed by atoms with E-state index in [1.54, 1.807) is 0 Å². The van der Waals surface area contributed by atoms with Crippen molar-refractivity contribution in [2.24, 2.45) is 0 Å². The van der Waals surface area contributed by atoms with Gasteiger partial charge in [0.1, 0.15) is 0 Å². The van der Waals surface area contributed by atoms with E-state index in [1.165, 1.54) is 58.3 Å². The van der Waals surface area contributed by atoms with Crippen molar-refractivity contribution in [2.45, 2.75) is 111 Å². The summed E-state index contributed by atoms with van der Waals surface area (Å²) in [7, 11) is 0. The van der Waals surface area contributed by atoms with Gasteiger partial charge in [0, 0.05) is 29.7 Å². The average Bonchev–Trinajstić information content (AvgIpc) is 3.18. The van der Waals surface area contributed by atoms with E-state index in [9.17, 15) is 0 Å². The van der Waals surface area contributed by atoms with E-state index in [0.717, 1.165) is 26.3 Å². The van der Waals surface area contributed by atoms with Crippen LogP contribution >= 0.6 is 0 Å². The Kier molecular flexibility index (Phi) is 11.1. The SMILES string of the molecule is CC(C)(C)N1CCCC1.CC(C)(C)N1CCCCC1.CC(C)(C)N1CCOCC1. The standard InChI is InChI=1S/C9H19N.C8H17NO.C8H17N/c1-9(2,3)10-7-5-4-6-8-10;1-8(2,3)9-4-6-10-7-5-9;1-8(2,3)9-6-4-5-7-9/h4-8H2,1-3H3;4-7H2,1-3H3;4-7H2,1-3H3. The first kappa shape index (κ1) is 26.9. The summed E-state index contributed by atoms with van der Waals surface area (Å²) in [5, 5.41) is 0. The Balaban J connectivity index is 0.000000218. The number of morpholine rings is 1. The molecule has 4 nitrogen and oxygen atoms in total. The molecule has 0 N–H and O–H groups in total. The van der Waals surface area contributed by atoms with Gasteiger partial charge in [0.2, 0.25) is 0 Å². The van der Waals surface area contributed by atoms with E-state index in [1.807, 2.05) is 0 Å². The van der Waals surface area contributed by atoms with Gasteiger partial charge in [-0.15, -0.1) is 0 Å². The molecule has 0 saturated carbocycles. The van der Waals surface area contributed by atoms with Crippen LogP contribution in [0.5, 0.6) is 0 Å². The maximum atomic E-state index is 5.25. The molecule has 0 aromatic carbocycles. The van der Waals surface area contributed by atoms with Crippen molar-refractivity contribution in [3.63, 3.8) is 0 Å². The molecule has 3 aliphatic rings. The molecule has 3 aliphatic heterocycles. The van der Waals surface area contributed by atoms with Gasteiger partial charge in [0.05, 0.1) is 13.2 Å². The third-order valence-corrected chi connectivity index (χ3v) is 6.32. The second-order valence-corrected chi connectivity index (χ2v) is 11.9. The van der Waals surface area contributed by atoms with Gasteiger partial charge in [-0.05, 0) is 114 Å². The minimum Gasteiger partial charge on any atom is -0.379 e. The summed E-state index contributed by atoms with van der Waals surface area (Å²) in [6, 6.07) is 0. The van der Waals surface area contributed by atoms with Crippen molar-refractivity contribution in [3.8, 4) is 0 Å². The summed E-state index contributed by atoms with van der Waals surface area (Å²) in [6.07, 6.45) is 7.04. The fraction of sp³-hybridized carbons (Fsp3) is 1.00. The van der Waals surface area contributed by atoms with Gasteiger partial charge in [0.25, 0.3) is 0 Å². The Morgan fingerprint density at radius 3 is 0.931 bits per heavy atom. The Bertz CT molecular complexity index is 385. The van der Waals surface area contributed by atoms with E-state index < -0.39 is 0 Å². The molecule has 0 amide bonds. The molecule has 0 bridgehead atoms. The van der Waals surface area contributed by atoms with Crippen LogP contribution < -0.4 is 0 Å². The van der Waals surface area contributed by atoms with E-state index in [0.29, 0.717) is 16.6 Å². The van der Waals surface area contributed by atoms with Crippen LogP contribution in [0.2, 0.25) is 0 Å². The topological polar surface area (TPSA) is 19.0 Å². The van der Waals surface area contributed by atoms with Crippen LogP contribution in [-0.2, 0) is 4.74 Å². The molecule has 174 valence electrons. The van der Waals surface area contributed by atoms with E-state index in [4.69, 9.17) is 4.74 Å². The molecule has 4 heteroatoms. The molecule has 0 aromatic heterocycles. The van der Waals surface area contributed by atoms with Crippen LogP contribution in [0.25, 0.3) is 0 Å². The van der Waals surface area contributed by atoms with Crippen LogP contribution in [0.1, 0.15) is 94.4 Å². The predicted octanol–water partition coefficient (Wildman–Crippen LogP) is 5.27. The maximum absolute atomic E-state index is 5.25. The molecule has 3 heterocycles. The van der Waals surface area contributed by atoms with Gasteiger partial charge in [-0.25, -0.2) is 0 Å². The van der Waals surface area contributed by atoms with Gasteiger partial charge in [-0.2, -0.15) is 0 Å². The zero-order valence-electron chi connectivity index (χ0n) is 21.4. The van der Waals surface area contributed by atoms with Crippen molar-refractivity contribution in [1.29, 1.82) is 0 Å². The zero-order chi connectivity index (χ0) is 22.1. The van der Waals surface area contributed by atoms with Gasteiger partial charge in [-0.1, -0.05) is 6.42 Å². The maximum Gasteiger partial charge on any atom is 0.0594 e. The van der Waals surface area contributed by atoms with Gasteiger partial charge in [-0.3, -0.25) is 14.7 Å².